The lowest BCUT2D eigenvalue weighted by Gasteiger charge is -2.20. The molecule has 0 aliphatic rings. The Labute approximate surface area is 105 Å². The van der Waals surface area contributed by atoms with Gasteiger partial charge >= 0.3 is 0 Å². The van der Waals surface area contributed by atoms with Crippen LogP contribution in [-0.4, -0.2) is 33.7 Å². The van der Waals surface area contributed by atoms with Gasteiger partial charge in [-0.15, -0.1) is 0 Å². The van der Waals surface area contributed by atoms with E-state index in [2.05, 4.69) is 5.10 Å². The second-order valence-electron chi connectivity index (χ2n) is 3.67. The first-order chi connectivity index (χ1) is 8.67. The fourth-order valence-electron chi connectivity index (χ4n) is 1.44. The lowest BCUT2D eigenvalue weighted by Crippen LogP contribution is -2.35. The number of nitrogens with two attached hydrogens (primary N) is 1. The van der Waals surface area contributed by atoms with Gasteiger partial charge in [-0.2, -0.15) is 15.6 Å². The highest BCUT2D eigenvalue weighted by Gasteiger charge is 2.13. The van der Waals surface area contributed by atoms with Crippen molar-refractivity contribution in [2.24, 2.45) is 0 Å². The summed E-state index contributed by atoms with van der Waals surface area (Å²) >= 11 is 0. The summed E-state index contributed by atoms with van der Waals surface area (Å²) in [6.07, 6.45) is 3.52. The lowest BCUT2D eigenvalue weighted by molar-refractivity contribution is -0.131. The van der Waals surface area contributed by atoms with Gasteiger partial charge in [0, 0.05) is 19.3 Å². The molecule has 94 valence electrons. The van der Waals surface area contributed by atoms with Gasteiger partial charge in [-0.1, -0.05) is 0 Å². The Hall–Kier alpha value is -2.54. The van der Waals surface area contributed by atoms with Crippen LogP contribution in [0.25, 0.3) is 0 Å². The van der Waals surface area contributed by atoms with Crippen LogP contribution in [-0.2, 0) is 11.3 Å². The van der Waals surface area contributed by atoms with Gasteiger partial charge in [0.05, 0.1) is 36.9 Å². The van der Waals surface area contributed by atoms with Crippen molar-refractivity contribution in [3.63, 3.8) is 0 Å². The van der Waals surface area contributed by atoms with E-state index in [1.165, 1.54) is 15.8 Å². The van der Waals surface area contributed by atoms with Gasteiger partial charge in [0.25, 0.3) is 0 Å². The molecule has 1 aromatic rings. The molecule has 0 radical (unpaired) electrons. The minimum atomic E-state index is -0.177. The Kier molecular flexibility index (Phi) is 5.20. The minimum absolute atomic E-state index is 0.0635. The maximum Gasteiger partial charge on any atom is 0.244 e. The monoisotopic (exact) mass is 246 g/mol. The summed E-state index contributed by atoms with van der Waals surface area (Å²) in [5.74, 6) is -0.177. The predicted octanol–water partition coefficient (Wildman–Crippen LogP) is 0.121. The Morgan fingerprint density at radius 1 is 1.39 bits per heavy atom. The molecule has 1 amide bonds. The summed E-state index contributed by atoms with van der Waals surface area (Å²) in [6, 6.07) is 3.96. The van der Waals surface area contributed by atoms with Gasteiger partial charge in [-0.3, -0.25) is 9.48 Å². The molecule has 0 atom stereocenters. The molecule has 0 unspecified atom stereocenters. The lowest BCUT2D eigenvalue weighted by atomic mass is 10.3. The maximum absolute atomic E-state index is 11.9. The Balaban J connectivity index is 2.58. The van der Waals surface area contributed by atoms with Crippen molar-refractivity contribution in [1.82, 2.24) is 14.7 Å². The van der Waals surface area contributed by atoms with E-state index in [0.717, 1.165) is 0 Å². The SMILES string of the molecule is N#CCCN(CCC#N)C(=O)Cn1cc(N)cn1. The Bertz CT molecular complexity index is 462. The molecule has 1 heterocycles. The first-order valence-electron chi connectivity index (χ1n) is 5.47. The van der Waals surface area contributed by atoms with Crippen LogP contribution in [0.3, 0.4) is 0 Å². The molecule has 0 aliphatic heterocycles. The molecule has 0 saturated carbocycles. The quantitative estimate of drug-likeness (QED) is 0.766. The van der Waals surface area contributed by atoms with E-state index in [9.17, 15) is 4.79 Å². The van der Waals surface area contributed by atoms with E-state index in [1.54, 1.807) is 6.20 Å². The van der Waals surface area contributed by atoms with Crippen LogP contribution in [0.2, 0.25) is 0 Å². The molecular weight excluding hydrogens is 232 g/mol. The number of carbonyl (C=O) groups is 1. The molecule has 1 aromatic heterocycles. The van der Waals surface area contributed by atoms with E-state index in [-0.39, 0.29) is 25.3 Å². The molecule has 18 heavy (non-hydrogen) atoms. The van der Waals surface area contributed by atoms with Crippen LogP contribution in [0.4, 0.5) is 5.69 Å². The fraction of sp³-hybridized carbons (Fsp3) is 0.455. The zero-order valence-electron chi connectivity index (χ0n) is 9.91. The number of rotatable bonds is 6. The average molecular weight is 246 g/mol. The summed E-state index contributed by atoms with van der Waals surface area (Å²) in [6.45, 7) is 0.718. The molecule has 0 aromatic carbocycles. The van der Waals surface area contributed by atoms with Crippen molar-refractivity contribution in [2.75, 3.05) is 18.8 Å². The topological polar surface area (TPSA) is 112 Å². The number of hydrogen-bond acceptors (Lipinski definition) is 5. The largest absolute Gasteiger partial charge is 0.396 e. The Morgan fingerprint density at radius 2 is 2.00 bits per heavy atom. The molecular formula is C11H14N6O. The maximum atomic E-state index is 11.9. The molecule has 0 fully saturated rings. The Morgan fingerprint density at radius 3 is 2.44 bits per heavy atom. The van der Waals surface area contributed by atoms with Gasteiger partial charge in [0.15, 0.2) is 0 Å². The van der Waals surface area contributed by atoms with Gasteiger partial charge < -0.3 is 10.6 Å². The molecule has 0 saturated heterocycles. The second-order valence-corrected chi connectivity index (χ2v) is 3.67. The number of amides is 1. The molecule has 2 N–H and O–H groups in total. The van der Waals surface area contributed by atoms with Crippen LogP contribution in [0.1, 0.15) is 12.8 Å². The highest BCUT2D eigenvalue weighted by atomic mass is 16.2. The summed E-state index contributed by atoms with van der Waals surface area (Å²) in [5.41, 5.74) is 5.99. The zero-order chi connectivity index (χ0) is 13.4. The van der Waals surface area contributed by atoms with Gasteiger partial charge in [0.1, 0.15) is 6.54 Å². The molecule has 0 aliphatic carbocycles. The summed E-state index contributed by atoms with van der Waals surface area (Å²) in [5, 5.41) is 21.0. The minimum Gasteiger partial charge on any atom is -0.396 e. The number of anilines is 1. The van der Waals surface area contributed by atoms with E-state index < -0.39 is 0 Å². The third kappa shape index (κ3) is 4.14. The molecule has 7 nitrogen and oxygen atoms in total. The number of nitrogens with zero attached hydrogens (tertiary/aromatic N) is 5. The summed E-state index contributed by atoms with van der Waals surface area (Å²) in [7, 11) is 0. The summed E-state index contributed by atoms with van der Waals surface area (Å²) < 4.78 is 1.43. The van der Waals surface area contributed by atoms with Gasteiger partial charge in [-0.05, 0) is 0 Å². The van der Waals surface area contributed by atoms with Crippen LogP contribution < -0.4 is 5.73 Å². The van der Waals surface area contributed by atoms with E-state index >= 15 is 0 Å². The van der Waals surface area contributed by atoms with Crippen molar-refractivity contribution in [3.05, 3.63) is 12.4 Å². The van der Waals surface area contributed by atoms with E-state index in [0.29, 0.717) is 18.8 Å². The second kappa shape index (κ2) is 6.92. The molecule has 1 rings (SSSR count). The first-order valence-corrected chi connectivity index (χ1v) is 5.47. The van der Waals surface area contributed by atoms with Crippen molar-refractivity contribution in [3.8, 4) is 12.1 Å². The average Bonchev–Trinajstić information content (AvgIpc) is 2.75. The standard InChI is InChI=1S/C11H14N6O/c12-3-1-5-16(6-2-4-13)11(18)9-17-8-10(14)7-15-17/h7-8H,1-2,5-6,9,14H2. The van der Waals surface area contributed by atoms with Crippen molar-refractivity contribution < 1.29 is 4.79 Å². The smallest absolute Gasteiger partial charge is 0.244 e. The molecule has 7 heteroatoms. The van der Waals surface area contributed by atoms with E-state index in [1.807, 2.05) is 12.1 Å². The number of carbonyl (C=O) groups excluding carboxylic acids is 1. The molecule has 0 spiro atoms. The fourth-order valence-corrected chi connectivity index (χ4v) is 1.44. The van der Waals surface area contributed by atoms with Crippen molar-refractivity contribution >= 4 is 11.6 Å². The highest BCUT2D eigenvalue weighted by Crippen LogP contribution is 2.01. The van der Waals surface area contributed by atoms with E-state index in [4.69, 9.17) is 16.3 Å². The van der Waals surface area contributed by atoms with Crippen molar-refractivity contribution in [2.45, 2.75) is 19.4 Å². The van der Waals surface area contributed by atoms with Crippen LogP contribution in [0.5, 0.6) is 0 Å². The first kappa shape index (κ1) is 13.5. The highest BCUT2D eigenvalue weighted by molar-refractivity contribution is 5.76. The zero-order valence-corrected chi connectivity index (χ0v) is 9.91. The van der Waals surface area contributed by atoms with Crippen molar-refractivity contribution in [1.29, 1.82) is 10.5 Å². The number of aromatic nitrogens is 2. The van der Waals surface area contributed by atoms with Crippen LogP contribution in [0, 0.1) is 22.7 Å². The van der Waals surface area contributed by atoms with Crippen LogP contribution in [0.15, 0.2) is 12.4 Å². The van der Waals surface area contributed by atoms with Gasteiger partial charge in [-0.25, -0.2) is 0 Å². The third-order valence-corrected chi connectivity index (χ3v) is 2.29. The van der Waals surface area contributed by atoms with Gasteiger partial charge in [0.2, 0.25) is 5.91 Å². The third-order valence-electron chi connectivity index (χ3n) is 2.29. The predicted molar refractivity (Wildman–Crippen MR) is 63.7 cm³/mol. The normalized spacial score (nSPS) is 9.44. The molecule has 0 bridgehead atoms. The number of hydrogen-bond donors (Lipinski definition) is 1. The summed E-state index contributed by atoms with van der Waals surface area (Å²) in [4.78, 5) is 13.4. The van der Waals surface area contributed by atoms with Crippen LogP contribution >= 0.6 is 0 Å². The number of nitrogen functional groups attached to an aromatic ring is 1. The number of nitriles is 2.